The van der Waals surface area contributed by atoms with E-state index in [0.29, 0.717) is 5.69 Å². The summed E-state index contributed by atoms with van der Waals surface area (Å²) in [6.45, 7) is 0.722. The van der Waals surface area contributed by atoms with Crippen molar-refractivity contribution >= 4 is 29.3 Å². The lowest BCUT2D eigenvalue weighted by Crippen LogP contribution is -2.37. The van der Waals surface area contributed by atoms with E-state index in [1.54, 1.807) is 5.32 Å². The molecule has 140 valence electrons. The second-order valence-electron chi connectivity index (χ2n) is 5.85. The number of imide groups is 1. The fraction of sp³-hybridized carbons (Fsp3) is 0.438. The van der Waals surface area contributed by atoms with E-state index in [9.17, 15) is 24.5 Å². The normalized spacial score (nSPS) is 14.2. The summed E-state index contributed by atoms with van der Waals surface area (Å²) in [6, 6.07) is 3.00. The van der Waals surface area contributed by atoms with Crippen molar-refractivity contribution in [3.63, 3.8) is 0 Å². The van der Waals surface area contributed by atoms with E-state index in [0.717, 1.165) is 44.8 Å². The van der Waals surface area contributed by atoms with Crippen LogP contribution in [0.5, 0.6) is 0 Å². The Balaban J connectivity index is 2.13. The van der Waals surface area contributed by atoms with Crippen molar-refractivity contribution < 1.29 is 24.0 Å². The topological polar surface area (TPSA) is 145 Å². The number of ether oxygens (including phenoxy) is 1. The molecule has 1 aromatic rings. The van der Waals surface area contributed by atoms with Gasteiger partial charge < -0.3 is 15.4 Å². The van der Waals surface area contributed by atoms with Crippen LogP contribution in [0.3, 0.4) is 0 Å². The number of urea groups is 1. The lowest BCUT2D eigenvalue weighted by molar-refractivity contribution is -0.384. The van der Waals surface area contributed by atoms with Gasteiger partial charge in [0, 0.05) is 19.2 Å². The van der Waals surface area contributed by atoms with Gasteiger partial charge in [-0.15, -0.1) is 0 Å². The molecule has 0 radical (unpaired) electrons. The molecular formula is C16H20N4O6. The van der Waals surface area contributed by atoms with E-state index in [-0.39, 0.29) is 11.3 Å². The van der Waals surface area contributed by atoms with Crippen LogP contribution in [0, 0.1) is 10.1 Å². The van der Waals surface area contributed by atoms with Gasteiger partial charge in [-0.2, -0.15) is 0 Å². The molecule has 26 heavy (non-hydrogen) atoms. The Bertz CT molecular complexity index is 713. The van der Waals surface area contributed by atoms with Crippen molar-refractivity contribution in [2.45, 2.75) is 25.7 Å². The number of rotatable bonds is 5. The van der Waals surface area contributed by atoms with Crippen LogP contribution in [0.15, 0.2) is 18.2 Å². The summed E-state index contributed by atoms with van der Waals surface area (Å²) in [5, 5.41) is 13.2. The monoisotopic (exact) mass is 364 g/mol. The number of amides is 3. The average Bonchev–Trinajstić information content (AvgIpc) is 2.87. The van der Waals surface area contributed by atoms with E-state index in [1.165, 1.54) is 12.1 Å². The molecule has 0 spiro atoms. The number of nitrogens with one attached hydrogen (secondary N) is 1. The minimum atomic E-state index is -1.07. The van der Waals surface area contributed by atoms with E-state index in [2.05, 4.69) is 0 Å². The predicted molar refractivity (Wildman–Crippen MR) is 91.8 cm³/mol. The molecule has 10 nitrogen and oxygen atoms in total. The second kappa shape index (κ2) is 8.79. The molecule has 3 amide bonds. The zero-order valence-electron chi connectivity index (χ0n) is 14.1. The third kappa shape index (κ3) is 5.16. The quantitative estimate of drug-likeness (QED) is 0.455. The number of carbonyl (C=O) groups excluding carboxylic acids is 3. The molecule has 2 rings (SSSR count). The largest absolute Gasteiger partial charge is 0.452 e. The number of esters is 1. The standard InChI is InChI=1S/C16H20N4O6/c17-16(23)18-14(21)10-26-15(22)11-5-6-12(13(9-11)20(24)25)19-7-3-1-2-4-8-19/h5-6,9H,1-4,7-8,10H2,(H3,17,18,21,23). The summed E-state index contributed by atoms with van der Waals surface area (Å²) in [5.41, 5.74) is 4.98. The van der Waals surface area contributed by atoms with Gasteiger partial charge in [-0.05, 0) is 25.0 Å². The van der Waals surface area contributed by atoms with Crippen molar-refractivity contribution in [2.24, 2.45) is 5.73 Å². The molecule has 3 N–H and O–H groups in total. The Morgan fingerprint density at radius 3 is 2.42 bits per heavy atom. The van der Waals surface area contributed by atoms with E-state index < -0.39 is 29.4 Å². The van der Waals surface area contributed by atoms with Gasteiger partial charge in [0.15, 0.2) is 6.61 Å². The van der Waals surface area contributed by atoms with Crippen LogP contribution >= 0.6 is 0 Å². The van der Waals surface area contributed by atoms with Gasteiger partial charge in [-0.25, -0.2) is 9.59 Å². The van der Waals surface area contributed by atoms with E-state index >= 15 is 0 Å². The molecule has 0 unspecified atom stereocenters. The van der Waals surface area contributed by atoms with Crippen molar-refractivity contribution in [1.29, 1.82) is 0 Å². The first kappa shape index (κ1) is 19.2. The number of nitrogens with zero attached hydrogens (tertiary/aromatic N) is 2. The maximum atomic E-state index is 12.0. The summed E-state index contributed by atoms with van der Waals surface area (Å²) in [4.78, 5) is 46.6. The smallest absolute Gasteiger partial charge is 0.338 e. The third-order valence-electron chi connectivity index (χ3n) is 3.95. The maximum absolute atomic E-state index is 12.0. The van der Waals surface area contributed by atoms with Crippen LogP contribution in [0.4, 0.5) is 16.2 Å². The van der Waals surface area contributed by atoms with Gasteiger partial charge >= 0.3 is 12.0 Å². The highest BCUT2D eigenvalue weighted by Gasteiger charge is 2.23. The lowest BCUT2D eigenvalue weighted by atomic mass is 10.1. The van der Waals surface area contributed by atoms with E-state index in [4.69, 9.17) is 10.5 Å². The van der Waals surface area contributed by atoms with Crippen molar-refractivity contribution in [1.82, 2.24) is 5.32 Å². The van der Waals surface area contributed by atoms with Crippen LogP contribution in [-0.2, 0) is 9.53 Å². The van der Waals surface area contributed by atoms with Gasteiger partial charge in [-0.3, -0.25) is 20.2 Å². The molecule has 0 atom stereocenters. The SMILES string of the molecule is NC(=O)NC(=O)COC(=O)c1ccc(N2CCCCCC2)c([N+](=O)[O-])c1. The molecule has 1 aliphatic heterocycles. The number of carbonyl (C=O) groups is 3. The number of anilines is 1. The van der Waals surface area contributed by atoms with Crippen LogP contribution < -0.4 is 16.0 Å². The number of primary amides is 1. The molecule has 0 bridgehead atoms. The number of benzene rings is 1. The summed E-state index contributed by atoms with van der Waals surface area (Å²) in [5.74, 6) is -1.79. The molecular weight excluding hydrogens is 344 g/mol. The maximum Gasteiger partial charge on any atom is 0.338 e. The Labute approximate surface area is 149 Å². The second-order valence-corrected chi connectivity index (χ2v) is 5.85. The van der Waals surface area contributed by atoms with Crippen LogP contribution in [0.2, 0.25) is 0 Å². The number of nitrogens with two attached hydrogens (primary N) is 1. The highest BCUT2D eigenvalue weighted by Crippen LogP contribution is 2.31. The van der Waals surface area contributed by atoms with Crippen molar-refractivity contribution in [3.05, 3.63) is 33.9 Å². The summed E-state index contributed by atoms with van der Waals surface area (Å²) in [6.07, 6.45) is 4.08. The number of nitro benzene ring substituents is 1. The number of hydrogen-bond donors (Lipinski definition) is 2. The molecule has 0 saturated carbocycles. The van der Waals surface area contributed by atoms with Gasteiger partial charge in [-0.1, -0.05) is 12.8 Å². The minimum absolute atomic E-state index is 0.0536. The van der Waals surface area contributed by atoms with Gasteiger partial charge in [0.1, 0.15) is 5.69 Å². The summed E-state index contributed by atoms with van der Waals surface area (Å²) >= 11 is 0. The fourth-order valence-corrected chi connectivity index (χ4v) is 2.76. The first-order valence-corrected chi connectivity index (χ1v) is 8.18. The molecule has 1 aromatic carbocycles. The Morgan fingerprint density at radius 2 is 1.85 bits per heavy atom. The molecule has 1 heterocycles. The first-order valence-electron chi connectivity index (χ1n) is 8.18. The lowest BCUT2D eigenvalue weighted by Gasteiger charge is -2.22. The number of hydrogen-bond acceptors (Lipinski definition) is 7. The first-order chi connectivity index (χ1) is 12.4. The van der Waals surface area contributed by atoms with Crippen LogP contribution in [-0.4, -0.2) is 42.5 Å². The van der Waals surface area contributed by atoms with E-state index in [1.807, 2.05) is 4.90 Å². The third-order valence-corrected chi connectivity index (χ3v) is 3.95. The van der Waals surface area contributed by atoms with Crippen molar-refractivity contribution in [2.75, 3.05) is 24.6 Å². The Morgan fingerprint density at radius 1 is 1.19 bits per heavy atom. The van der Waals surface area contributed by atoms with Gasteiger partial charge in [0.05, 0.1) is 10.5 Å². The predicted octanol–water partition coefficient (Wildman–Crippen LogP) is 1.33. The average molecular weight is 364 g/mol. The fourth-order valence-electron chi connectivity index (χ4n) is 2.76. The highest BCUT2D eigenvalue weighted by molar-refractivity contribution is 5.97. The summed E-state index contributed by atoms with van der Waals surface area (Å²) < 4.78 is 4.74. The molecule has 10 heteroatoms. The van der Waals surface area contributed by atoms with Gasteiger partial charge in [0.2, 0.25) is 0 Å². The molecule has 1 aliphatic rings. The zero-order chi connectivity index (χ0) is 19.1. The van der Waals surface area contributed by atoms with Crippen LogP contribution in [0.25, 0.3) is 0 Å². The van der Waals surface area contributed by atoms with Gasteiger partial charge in [0.25, 0.3) is 11.6 Å². The molecule has 1 saturated heterocycles. The Kier molecular flexibility index (Phi) is 6.48. The summed E-state index contributed by atoms with van der Waals surface area (Å²) in [7, 11) is 0. The van der Waals surface area contributed by atoms with Crippen LogP contribution in [0.1, 0.15) is 36.0 Å². The molecule has 0 aliphatic carbocycles. The number of nitro groups is 1. The molecule has 0 aromatic heterocycles. The Hall–Kier alpha value is -3.17. The molecule has 1 fully saturated rings. The van der Waals surface area contributed by atoms with Crippen molar-refractivity contribution in [3.8, 4) is 0 Å². The minimum Gasteiger partial charge on any atom is -0.452 e. The highest BCUT2D eigenvalue weighted by atomic mass is 16.6. The zero-order valence-corrected chi connectivity index (χ0v) is 14.1.